The number of hydrogen-bond acceptors (Lipinski definition) is 4. The molecule has 0 fully saturated rings. The lowest BCUT2D eigenvalue weighted by Gasteiger charge is -1.99. The summed E-state index contributed by atoms with van der Waals surface area (Å²) in [6.07, 6.45) is 3.06. The molecule has 0 radical (unpaired) electrons. The molecule has 3 rings (SSSR count). The van der Waals surface area contributed by atoms with Gasteiger partial charge in [-0.3, -0.25) is 0 Å². The molecule has 0 bridgehead atoms. The molecule has 0 aliphatic rings. The number of carbonyl (C=O) groups is 1. The average Bonchev–Trinajstić information content (AvgIpc) is 3.08. The largest absolute Gasteiger partial charge is 0.456 e. The normalized spacial score (nSPS) is 11.0. The molecular weight excluding hydrogens is 354 g/mol. The Morgan fingerprint density at radius 3 is 2.80 bits per heavy atom. The van der Waals surface area contributed by atoms with Crippen LogP contribution in [0.1, 0.15) is 16.8 Å². The van der Waals surface area contributed by atoms with Gasteiger partial charge in [-0.1, -0.05) is 53.6 Å². The second-order valence-corrected chi connectivity index (χ2v) is 6.80. The zero-order valence-corrected chi connectivity index (χ0v) is 15.2. The van der Waals surface area contributed by atoms with Crippen molar-refractivity contribution in [3.8, 4) is 10.6 Å². The Bertz CT molecular complexity index is 900. The Hall–Kier alpha value is -2.43. The molecule has 0 aliphatic heterocycles. The van der Waals surface area contributed by atoms with Gasteiger partial charge in [-0.05, 0) is 30.7 Å². The molecule has 3 aromatic rings. The minimum absolute atomic E-state index is 0.154. The van der Waals surface area contributed by atoms with E-state index in [2.05, 4.69) is 17.1 Å². The van der Waals surface area contributed by atoms with E-state index in [0.717, 1.165) is 21.8 Å². The fourth-order valence-corrected chi connectivity index (χ4v) is 3.18. The molecule has 0 saturated heterocycles. The summed E-state index contributed by atoms with van der Waals surface area (Å²) in [4.78, 5) is 16.3. The van der Waals surface area contributed by atoms with Crippen LogP contribution < -0.4 is 0 Å². The molecule has 2 aromatic carbocycles. The Kier molecular flexibility index (Phi) is 5.64. The van der Waals surface area contributed by atoms with E-state index in [4.69, 9.17) is 16.3 Å². The molecule has 0 saturated carbocycles. The van der Waals surface area contributed by atoms with Crippen LogP contribution in [-0.2, 0) is 16.1 Å². The fourth-order valence-electron chi connectivity index (χ4n) is 2.17. The van der Waals surface area contributed by atoms with Gasteiger partial charge in [-0.15, -0.1) is 11.3 Å². The van der Waals surface area contributed by atoms with Gasteiger partial charge in [-0.25, -0.2) is 9.78 Å². The van der Waals surface area contributed by atoms with Gasteiger partial charge in [0, 0.05) is 22.0 Å². The van der Waals surface area contributed by atoms with Gasteiger partial charge in [0.2, 0.25) is 0 Å². The summed E-state index contributed by atoms with van der Waals surface area (Å²) < 4.78 is 5.23. The van der Waals surface area contributed by atoms with Crippen molar-refractivity contribution in [2.45, 2.75) is 13.5 Å². The zero-order valence-electron chi connectivity index (χ0n) is 13.6. The number of benzene rings is 2. The van der Waals surface area contributed by atoms with Crippen LogP contribution in [0.3, 0.4) is 0 Å². The number of esters is 1. The number of aromatic nitrogens is 1. The molecule has 5 heteroatoms. The van der Waals surface area contributed by atoms with Crippen LogP contribution >= 0.6 is 22.9 Å². The van der Waals surface area contributed by atoms with Crippen molar-refractivity contribution >= 4 is 35.0 Å². The van der Waals surface area contributed by atoms with E-state index < -0.39 is 5.97 Å². The highest BCUT2D eigenvalue weighted by Gasteiger charge is 2.06. The number of ether oxygens (including phenoxy) is 1. The van der Waals surface area contributed by atoms with Crippen LogP contribution in [0.4, 0.5) is 0 Å². The van der Waals surface area contributed by atoms with E-state index in [1.54, 1.807) is 18.2 Å². The molecule has 1 aromatic heterocycles. The van der Waals surface area contributed by atoms with Crippen LogP contribution in [0.25, 0.3) is 16.6 Å². The van der Waals surface area contributed by atoms with Gasteiger partial charge in [0.05, 0.1) is 5.69 Å². The topological polar surface area (TPSA) is 39.2 Å². The van der Waals surface area contributed by atoms with E-state index >= 15 is 0 Å². The summed E-state index contributed by atoms with van der Waals surface area (Å²) in [5, 5.41) is 3.45. The maximum absolute atomic E-state index is 11.8. The Morgan fingerprint density at radius 1 is 1.24 bits per heavy atom. The van der Waals surface area contributed by atoms with Crippen molar-refractivity contribution in [1.29, 1.82) is 0 Å². The Morgan fingerprint density at radius 2 is 2.04 bits per heavy atom. The number of rotatable bonds is 5. The quantitative estimate of drug-likeness (QED) is 0.438. The second kappa shape index (κ2) is 8.10. The van der Waals surface area contributed by atoms with E-state index in [1.807, 2.05) is 36.6 Å². The molecule has 0 atom stereocenters. The minimum atomic E-state index is -0.412. The van der Waals surface area contributed by atoms with Crippen molar-refractivity contribution in [1.82, 2.24) is 4.98 Å². The third-order valence-electron chi connectivity index (χ3n) is 3.47. The molecule has 1 heterocycles. The van der Waals surface area contributed by atoms with Crippen molar-refractivity contribution in [2.75, 3.05) is 0 Å². The molecule has 25 heavy (non-hydrogen) atoms. The molecule has 126 valence electrons. The van der Waals surface area contributed by atoms with Crippen molar-refractivity contribution in [3.05, 3.63) is 81.8 Å². The molecule has 0 spiro atoms. The minimum Gasteiger partial charge on any atom is -0.456 e. The van der Waals surface area contributed by atoms with E-state index in [9.17, 15) is 4.79 Å². The van der Waals surface area contributed by atoms with E-state index in [1.165, 1.54) is 23.0 Å². The predicted molar refractivity (Wildman–Crippen MR) is 103 cm³/mol. The standard InChI is InChI=1S/C20H16ClNO2S/c1-14-5-8-16(9-6-14)20-22-18(13-25-20)12-24-19(23)10-7-15-3-2-4-17(21)11-15/h2-11,13H,12H2,1H3/b10-7+. The maximum Gasteiger partial charge on any atom is 0.331 e. The molecule has 0 aliphatic carbocycles. The fraction of sp³-hybridized carbons (Fsp3) is 0.100. The third kappa shape index (κ3) is 5.02. The lowest BCUT2D eigenvalue weighted by Crippen LogP contribution is -2.00. The van der Waals surface area contributed by atoms with Crippen molar-refractivity contribution < 1.29 is 9.53 Å². The molecular formula is C20H16ClNO2S. The lowest BCUT2D eigenvalue weighted by molar-refractivity contribution is -0.139. The summed E-state index contributed by atoms with van der Waals surface area (Å²) >= 11 is 7.44. The van der Waals surface area contributed by atoms with Crippen LogP contribution in [0, 0.1) is 6.92 Å². The highest BCUT2D eigenvalue weighted by molar-refractivity contribution is 7.13. The van der Waals surface area contributed by atoms with E-state index in [0.29, 0.717) is 5.02 Å². The second-order valence-electron chi connectivity index (χ2n) is 5.51. The van der Waals surface area contributed by atoms with Crippen LogP contribution in [0.2, 0.25) is 5.02 Å². The number of aryl methyl sites for hydroxylation is 1. The first-order chi connectivity index (χ1) is 12.1. The zero-order chi connectivity index (χ0) is 17.6. The van der Waals surface area contributed by atoms with E-state index in [-0.39, 0.29) is 6.61 Å². The maximum atomic E-state index is 11.8. The lowest BCUT2D eigenvalue weighted by atomic mass is 10.2. The monoisotopic (exact) mass is 369 g/mol. The smallest absolute Gasteiger partial charge is 0.331 e. The van der Waals surface area contributed by atoms with Crippen molar-refractivity contribution in [3.63, 3.8) is 0 Å². The summed E-state index contributed by atoms with van der Waals surface area (Å²) in [6, 6.07) is 15.4. The molecule has 3 nitrogen and oxygen atoms in total. The number of carbonyl (C=O) groups excluding carboxylic acids is 1. The first-order valence-corrected chi connectivity index (χ1v) is 8.98. The first kappa shape index (κ1) is 17.4. The molecule has 0 N–H and O–H groups in total. The van der Waals surface area contributed by atoms with Gasteiger partial charge in [0.1, 0.15) is 11.6 Å². The van der Waals surface area contributed by atoms with Gasteiger partial charge >= 0.3 is 5.97 Å². The number of thiazole rings is 1. The number of nitrogens with zero attached hydrogens (tertiary/aromatic N) is 1. The Labute approximate surface area is 155 Å². The predicted octanol–water partition coefficient (Wildman–Crippen LogP) is 5.53. The number of hydrogen-bond donors (Lipinski definition) is 0. The van der Waals surface area contributed by atoms with Gasteiger partial charge in [-0.2, -0.15) is 0 Å². The van der Waals surface area contributed by atoms with Gasteiger partial charge < -0.3 is 4.74 Å². The Balaban J connectivity index is 1.56. The van der Waals surface area contributed by atoms with Crippen LogP contribution in [-0.4, -0.2) is 11.0 Å². The highest BCUT2D eigenvalue weighted by Crippen LogP contribution is 2.24. The summed E-state index contributed by atoms with van der Waals surface area (Å²) in [7, 11) is 0. The van der Waals surface area contributed by atoms with Gasteiger partial charge in [0.15, 0.2) is 0 Å². The molecule has 0 unspecified atom stereocenters. The van der Waals surface area contributed by atoms with Gasteiger partial charge in [0.25, 0.3) is 0 Å². The van der Waals surface area contributed by atoms with Crippen LogP contribution in [0.5, 0.6) is 0 Å². The average molecular weight is 370 g/mol. The van der Waals surface area contributed by atoms with Crippen LogP contribution in [0.15, 0.2) is 60.0 Å². The third-order valence-corrected chi connectivity index (χ3v) is 4.65. The summed E-state index contributed by atoms with van der Waals surface area (Å²) in [6.45, 7) is 2.20. The first-order valence-electron chi connectivity index (χ1n) is 7.72. The number of halogens is 1. The highest BCUT2D eigenvalue weighted by atomic mass is 35.5. The molecule has 0 amide bonds. The summed E-state index contributed by atoms with van der Waals surface area (Å²) in [5.41, 5.74) is 3.86. The van der Waals surface area contributed by atoms with Crippen molar-refractivity contribution in [2.24, 2.45) is 0 Å². The summed E-state index contributed by atoms with van der Waals surface area (Å²) in [5.74, 6) is -0.412. The SMILES string of the molecule is Cc1ccc(-c2nc(COC(=O)/C=C/c3cccc(Cl)c3)cs2)cc1.